The van der Waals surface area contributed by atoms with Crippen molar-refractivity contribution in [2.45, 2.75) is 31.7 Å². The van der Waals surface area contributed by atoms with E-state index in [1.165, 1.54) is 0 Å². The van der Waals surface area contributed by atoms with Crippen LogP contribution >= 0.6 is 0 Å². The first-order valence-corrected chi connectivity index (χ1v) is 8.62. The van der Waals surface area contributed by atoms with E-state index in [1.807, 2.05) is 34.1 Å². The largest absolute Gasteiger partial charge is 0.497 e. The summed E-state index contributed by atoms with van der Waals surface area (Å²) in [4.78, 5) is 28.0. The molecule has 1 heterocycles. The lowest BCUT2D eigenvalue weighted by molar-refractivity contribution is -0.132. The predicted octanol–water partition coefficient (Wildman–Crippen LogP) is 1.64. The Balaban J connectivity index is 1.40. The van der Waals surface area contributed by atoms with Crippen molar-refractivity contribution in [2.24, 2.45) is 0 Å². The fraction of sp³-hybridized carbons (Fsp3) is 0.556. The molecule has 1 aliphatic carbocycles. The lowest BCUT2D eigenvalue weighted by atomic mass is 10.1. The number of rotatable bonds is 5. The third-order valence-electron chi connectivity index (χ3n) is 4.61. The summed E-state index contributed by atoms with van der Waals surface area (Å²) >= 11 is 0. The molecule has 24 heavy (non-hydrogen) atoms. The number of urea groups is 1. The summed E-state index contributed by atoms with van der Waals surface area (Å²) in [5.74, 6) is 0.985. The second kappa shape index (κ2) is 7.55. The Morgan fingerprint density at radius 1 is 1.08 bits per heavy atom. The van der Waals surface area contributed by atoms with Gasteiger partial charge in [-0.2, -0.15) is 0 Å². The summed E-state index contributed by atoms with van der Waals surface area (Å²) in [5, 5.41) is 3.00. The molecule has 1 N–H and O–H groups in total. The van der Waals surface area contributed by atoms with Crippen LogP contribution in [0.3, 0.4) is 0 Å². The average Bonchev–Trinajstić information content (AvgIpc) is 3.44. The summed E-state index contributed by atoms with van der Waals surface area (Å²) in [6, 6.07) is 8.21. The van der Waals surface area contributed by atoms with Gasteiger partial charge in [0.1, 0.15) is 5.75 Å². The molecule has 2 aliphatic rings. The van der Waals surface area contributed by atoms with Gasteiger partial charge in [0.25, 0.3) is 0 Å². The van der Waals surface area contributed by atoms with Crippen LogP contribution in [-0.2, 0) is 11.2 Å². The Bertz CT molecular complexity index is 576. The monoisotopic (exact) mass is 331 g/mol. The van der Waals surface area contributed by atoms with Crippen molar-refractivity contribution in [1.29, 1.82) is 0 Å². The number of hydrogen-bond acceptors (Lipinski definition) is 3. The summed E-state index contributed by atoms with van der Waals surface area (Å²) in [6.45, 7) is 2.48. The highest BCUT2D eigenvalue weighted by atomic mass is 16.5. The number of hydrogen-bond donors (Lipinski definition) is 1. The number of methoxy groups -OCH3 is 1. The number of nitrogens with one attached hydrogen (secondary N) is 1. The van der Waals surface area contributed by atoms with Crippen LogP contribution in [0.4, 0.5) is 4.79 Å². The highest BCUT2D eigenvalue weighted by molar-refractivity contribution is 5.78. The van der Waals surface area contributed by atoms with Crippen molar-refractivity contribution in [3.8, 4) is 5.75 Å². The molecule has 3 rings (SSSR count). The third kappa shape index (κ3) is 4.40. The SMILES string of the molecule is COc1ccc(CCC(=O)N2CCN(C(=O)NC3CC3)CC2)cc1. The van der Waals surface area contributed by atoms with Crippen molar-refractivity contribution in [3.05, 3.63) is 29.8 Å². The fourth-order valence-corrected chi connectivity index (χ4v) is 2.85. The van der Waals surface area contributed by atoms with E-state index in [0.29, 0.717) is 38.6 Å². The summed E-state index contributed by atoms with van der Waals surface area (Å²) in [7, 11) is 1.64. The van der Waals surface area contributed by atoms with E-state index < -0.39 is 0 Å². The maximum atomic E-state index is 12.3. The zero-order valence-corrected chi connectivity index (χ0v) is 14.2. The second-order valence-electron chi connectivity index (χ2n) is 6.44. The normalized spacial score (nSPS) is 17.5. The number of nitrogens with zero attached hydrogens (tertiary/aromatic N) is 2. The third-order valence-corrected chi connectivity index (χ3v) is 4.61. The average molecular weight is 331 g/mol. The van der Waals surface area contributed by atoms with Crippen LogP contribution in [-0.4, -0.2) is 61.1 Å². The number of carbonyl (C=O) groups is 2. The van der Waals surface area contributed by atoms with Gasteiger partial charge in [0.15, 0.2) is 0 Å². The lowest BCUT2D eigenvalue weighted by Crippen LogP contribution is -2.53. The Kier molecular flexibility index (Phi) is 5.23. The zero-order valence-electron chi connectivity index (χ0n) is 14.2. The molecule has 6 nitrogen and oxygen atoms in total. The van der Waals surface area contributed by atoms with Crippen LogP contribution in [0.5, 0.6) is 5.75 Å². The maximum absolute atomic E-state index is 12.3. The molecular weight excluding hydrogens is 306 g/mol. The van der Waals surface area contributed by atoms with Crippen molar-refractivity contribution in [1.82, 2.24) is 15.1 Å². The maximum Gasteiger partial charge on any atom is 0.317 e. The van der Waals surface area contributed by atoms with E-state index in [4.69, 9.17) is 4.74 Å². The Morgan fingerprint density at radius 2 is 1.71 bits per heavy atom. The minimum Gasteiger partial charge on any atom is -0.497 e. The molecule has 1 saturated heterocycles. The standard InChI is InChI=1S/C18H25N3O3/c1-24-16-7-2-14(3-8-16)4-9-17(22)20-10-12-21(13-11-20)18(23)19-15-5-6-15/h2-3,7-8,15H,4-6,9-13H2,1H3,(H,19,23). The molecule has 0 spiro atoms. The van der Waals surface area contributed by atoms with Gasteiger partial charge in [-0.05, 0) is 37.0 Å². The molecule has 0 radical (unpaired) electrons. The highest BCUT2D eigenvalue weighted by Crippen LogP contribution is 2.19. The Morgan fingerprint density at radius 3 is 2.29 bits per heavy atom. The van der Waals surface area contributed by atoms with Crippen LogP contribution in [0.2, 0.25) is 0 Å². The fourth-order valence-electron chi connectivity index (χ4n) is 2.85. The van der Waals surface area contributed by atoms with E-state index in [2.05, 4.69) is 5.32 Å². The molecule has 6 heteroatoms. The van der Waals surface area contributed by atoms with Gasteiger partial charge in [-0.1, -0.05) is 12.1 Å². The Hall–Kier alpha value is -2.24. The Labute approximate surface area is 142 Å². The van der Waals surface area contributed by atoms with E-state index in [0.717, 1.165) is 30.6 Å². The summed E-state index contributed by atoms with van der Waals surface area (Å²) < 4.78 is 5.13. The van der Waals surface area contributed by atoms with E-state index in [1.54, 1.807) is 7.11 Å². The van der Waals surface area contributed by atoms with Crippen LogP contribution in [0.25, 0.3) is 0 Å². The number of ether oxygens (including phenoxy) is 1. The van der Waals surface area contributed by atoms with Gasteiger partial charge in [0.05, 0.1) is 7.11 Å². The molecule has 0 aromatic heterocycles. The quantitative estimate of drug-likeness (QED) is 0.892. The van der Waals surface area contributed by atoms with Gasteiger partial charge in [-0.3, -0.25) is 4.79 Å². The molecule has 0 unspecified atom stereocenters. The van der Waals surface area contributed by atoms with Crippen LogP contribution < -0.4 is 10.1 Å². The molecule has 1 aromatic carbocycles. The van der Waals surface area contributed by atoms with Crippen molar-refractivity contribution < 1.29 is 14.3 Å². The van der Waals surface area contributed by atoms with Gasteiger partial charge < -0.3 is 19.9 Å². The number of benzene rings is 1. The number of piperazine rings is 1. The summed E-state index contributed by atoms with van der Waals surface area (Å²) in [5.41, 5.74) is 1.13. The molecule has 0 atom stereocenters. The molecule has 1 aromatic rings. The van der Waals surface area contributed by atoms with Gasteiger partial charge in [-0.15, -0.1) is 0 Å². The van der Waals surface area contributed by atoms with Crippen LogP contribution in [0.15, 0.2) is 24.3 Å². The molecule has 1 saturated carbocycles. The predicted molar refractivity (Wildman–Crippen MR) is 91.0 cm³/mol. The smallest absolute Gasteiger partial charge is 0.317 e. The van der Waals surface area contributed by atoms with Crippen molar-refractivity contribution >= 4 is 11.9 Å². The topological polar surface area (TPSA) is 61.9 Å². The molecule has 130 valence electrons. The first kappa shape index (κ1) is 16.6. The molecular formula is C18H25N3O3. The first-order valence-electron chi connectivity index (χ1n) is 8.62. The molecule has 0 bridgehead atoms. The minimum atomic E-state index is 0.0165. The zero-order chi connectivity index (χ0) is 16.9. The number of amides is 3. The van der Waals surface area contributed by atoms with Crippen LogP contribution in [0, 0.1) is 0 Å². The van der Waals surface area contributed by atoms with Gasteiger partial charge >= 0.3 is 6.03 Å². The van der Waals surface area contributed by atoms with Gasteiger partial charge in [-0.25, -0.2) is 4.79 Å². The lowest BCUT2D eigenvalue weighted by Gasteiger charge is -2.34. The van der Waals surface area contributed by atoms with Crippen molar-refractivity contribution in [2.75, 3.05) is 33.3 Å². The second-order valence-corrected chi connectivity index (χ2v) is 6.44. The summed E-state index contributed by atoms with van der Waals surface area (Å²) in [6.07, 6.45) is 3.41. The first-order chi connectivity index (χ1) is 11.7. The van der Waals surface area contributed by atoms with Gasteiger partial charge in [0.2, 0.25) is 5.91 Å². The number of aryl methyl sites for hydroxylation is 1. The highest BCUT2D eigenvalue weighted by Gasteiger charge is 2.28. The molecule has 1 aliphatic heterocycles. The molecule has 3 amide bonds. The van der Waals surface area contributed by atoms with Gasteiger partial charge in [0, 0.05) is 38.6 Å². The molecule has 2 fully saturated rings. The van der Waals surface area contributed by atoms with Crippen LogP contribution in [0.1, 0.15) is 24.8 Å². The van der Waals surface area contributed by atoms with E-state index in [9.17, 15) is 9.59 Å². The van der Waals surface area contributed by atoms with Crippen molar-refractivity contribution in [3.63, 3.8) is 0 Å². The minimum absolute atomic E-state index is 0.0165. The van der Waals surface area contributed by atoms with E-state index >= 15 is 0 Å². The van der Waals surface area contributed by atoms with E-state index in [-0.39, 0.29) is 11.9 Å². The number of carbonyl (C=O) groups excluding carboxylic acids is 2.